The number of nitrogens with zero attached hydrogens (tertiary/aromatic N) is 6. The lowest BCUT2D eigenvalue weighted by atomic mass is 10.4. The topological polar surface area (TPSA) is 82.6 Å². The molecule has 21 heavy (non-hydrogen) atoms. The van der Waals surface area contributed by atoms with E-state index in [9.17, 15) is 4.79 Å². The van der Waals surface area contributed by atoms with Gasteiger partial charge in [-0.25, -0.2) is 9.97 Å². The molecule has 8 heteroatoms. The molecule has 3 heterocycles. The Hall–Kier alpha value is -2.90. The first-order valence-electron chi connectivity index (χ1n) is 6.43. The van der Waals surface area contributed by atoms with E-state index in [0.717, 1.165) is 17.3 Å². The fourth-order valence-electron chi connectivity index (χ4n) is 2.05. The average molecular weight is 285 g/mol. The van der Waals surface area contributed by atoms with Crippen molar-refractivity contribution in [3.63, 3.8) is 0 Å². The predicted octanol–water partition coefficient (Wildman–Crippen LogP) is 0.215. The molecule has 0 aromatic carbocycles. The van der Waals surface area contributed by atoms with E-state index in [1.807, 2.05) is 28.6 Å². The number of rotatable bonds is 4. The number of aryl methyl sites for hydroxylation is 1. The molecule has 8 nitrogen and oxygen atoms in total. The maximum absolute atomic E-state index is 11.4. The van der Waals surface area contributed by atoms with Gasteiger partial charge in [0.15, 0.2) is 11.6 Å². The van der Waals surface area contributed by atoms with Crippen LogP contribution in [0, 0.1) is 0 Å². The van der Waals surface area contributed by atoms with Crippen molar-refractivity contribution in [2.45, 2.75) is 6.54 Å². The van der Waals surface area contributed by atoms with Gasteiger partial charge in [-0.05, 0) is 0 Å². The summed E-state index contributed by atoms with van der Waals surface area (Å²) in [6.07, 6.45) is 10.6. The second-order valence-electron chi connectivity index (χ2n) is 4.55. The third-order valence-corrected chi connectivity index (χ3v) is 3.14. The molecule has 0 saturated heterocycles. The molecule has 108 valence electrons. The van der Waals surface area contributed by atoms with Gasteiger partial charge in [0.1, 0.15) is 6.54 Å². The lowest BCUT2D eigenvalue weighted by Gasteiger charge is -2.05. The van der Waals surface area contributed by atoms with E-state index in [4.69, 9.17) is 0 Å². The van der Waals surface area contributed by atoms with Crippen LogP contribution in [0.4, 0.5) is 0 Å². The van der Waals surface area contributed by atoms with Crippen LogP contribution in [0.1, 0.15) is 0 Å². The maximum atomic E-state index is 11.4. The standard InChI is InChI=1S/C13H15N7O/c1-14-11(21)9-19-8-10(7-17-19)20-6-4-16-13(20)12-15-3-5-18(12)2/h3-8H,9H2,1-2H3,(H,14,21). The van der Waals surface area contributed by atoms with Crippen LogP contribution in [0.5, 0.6) is 0 Å². The molecule has 3 aromatic heterocycles. The van der Waals surface area contributed by atoms with E-state index in [2.05, 4.69) is 20.4 Å². The van der Waals surface area contributed by atoms with Gasteiger partial charge in [0.2, 0.25) is 5.91 Å². The molecule has 0 radical (unpaired) electrons. The SMILES string of the molecule is CNC(=O)Cn1cc(-n2ccnc2-c2nccn2C)cn1. The molecule has 1 amide bonds. The number of carbonyl (C=O) groups excluding carboxylic acids is 1. The number of aromatic nitrogens is 6. The molecule has 0 fully saturated rings. The van der Waals surface area contributed by atoms with E-state index in [-0.39, 0.29) is 12.5 Å². The number of nitrogens with one attached hydrogen (secondary N) is 1. The van der Waals surface area contributed by atoms with Gasteiger partial charge in [-0.3, -0.25) is 14.0 Å². The smallest absolute Gasteiger partial charge is 0.241 e. The lowest BCUT2D eigenvalue weighted by molar-refractivity contribution is -0.121. The van der Waals surface area contributed by atoms with Gasteiger partial charge < -0.3 is 9.88 Å². The highest BCUT2D eigenvalue weighted by molar-refractivity contribution is 5.75. The van der Waals surface area contributed by atoms with Gasteiger partial charge in [0.25, 0.3) is 0 Å². The Morgan fingerprint density at radius 3 is 2.71 bits per heavy atom. The Morgan fingerprint density at radius 2 is 2.00 bits per heavy atom. The first kappa shape index (κ1) is 13.1. The van der Waals surface area contributed by atoms with Crippen molar-refractivity contribution in [2.24, 2.45) is 7.05 Å². The summed E-state index contributed by atoms with van der Waals surface area (Å²) in [7, 11) is 3.51. The molecular weight excluding hydrogens is 270 g/mol. The largest absolute Gasteiger partial charge is 0.358 e. The van der Waals surface area contributed by atoms with E-state index < -0.39 is 0 Å². The van der Waals surface area contributed by atoms with E-state index in [1.165, 1.54) is 0 Å². The van der Waals surface area contributed by atoms with Gasteiger partial charge in [-0.2, -0.15) is 5.10 Å². The number of hydrogen-bond acceptors (Lipinski definition) is 4. The molecule has 0 aliphatic rings. The summed E-state index contributed by atoms with van der Waals surface area (Å²) in [6, 6.07) is 0. The quantitative estimate of drug-likeness (QED) is 0.743. The highest BCUT2D eigenvalue weighted by Gasteiger charge is 2.13. The third kappa shape index (κ3) is 2.42. The fourth-order valence-corrected chi connectivity index (χ4v) is 2.05. The van der Waals surface area contributed by atoms with Gasteiger partial charge in [-0.15, -0.1) is 0 Å². The Kier molecular flexibility index (Phi) is 3.27. The van der Waals surface area contributed by atoms with Crippen molar-refractivity contribution in [1.29, 1.82) is 0 Å². The minimum atomic E-state index is -0.0976. The highest BCUT2D eigenvalue weighted by Crippen LogP contribution is 2.18. The van der Waals surface area contributed by atoms with Crippen molar-refractivity contribution in [2.75, 3.05) is 7.05 Å². The van der Waals surface area contributed by atoms with Crippen molar-refractivity contribution in [3.05, 3.63) is 37.2 Å². The summed E-state index contributed by atoms with van der Waals surface area (Å²) in [5.41, 5.74) is 0.828. The zero-order valence-corrected chi connectivity index (χ0v) is 11.8. The zero-order chi connectivity index (χ0) is 14.8. The van der Waals surface area contributed by atoms with Gasteiger partial charge in [0.05, 0.1) is 11.9 Å². The molecule has 3 rings (SSSR count). The van der Waals surface area contributed by atoms with Gasteiger partial charge in [0, 0.05) is 45.1 Å². The van der Waals surface area contributed by atoms with Crippen LogP contribution in [-0.2, 0) is 18.4 Å². The average Bonchev–Trinajstić information content (AvgIpc) is 3.17. The number of amides is 1. The Morgan fingerprint density at radius 1 is 1.24 bits per heavy atom. The Labute approximate surface area is 121 Å². The molecule has 0 bridgehead atoms. The van der Waals surface area contributed by atoms with Crippen molar-refractivity contribution >= 4 is 5.91 Å². The number of imidazole rings is 2. The maximum Gasteiger partial charge on any atom is 0.241 e. The third-order valence-electron chi connectivity index (χ3n) is 3.14. The monoisotopic (exact) mass is 285 g/mol. The second-order valence-corrected chi connectivity index (χ2v) is 4.55. The predicted molar refractivity (Wildman–Crippen MR) is 75.6 cm³/mol. The Bertz CT molecular complexity index is 767. The normalized spacial score (nSPS) is 10.8. The van der Waals surface area contributed by atoms with Crippen LogP contribution in [-0.4, -0.2) is 41.8 Å². The fraction of sp³-hybridized carbons (Fsp3) is 0.231. The molecule has 0 saturated carbocycles. The molecular formula is C13H15N7O. The Balaban J connectivity index is 1.94. The minimum Gasteiger partial charge on any atom is -0.358 e. The van der Waals surface area contributed by atoms with Crippen LogP contribution >= 0.6 is 0 Å². The van der Waals surface area contributed by atoms with Crippen LogP contribution in [0.2, 0.25) is 0 Å². The zero-order valence-electron chi connectivity index (χ0n) is 11.8. The summed E-state index contributed by atoms with van der Waals surface area (Å²) in [5, 5.41) is 6.75. The number of likely N-dealkylation sites (N-methyl/N-ethyl adjacent to an activating group) is 1. The van der Waals surface area contributed by atoms with Crippen LogP contribution in [0.25, 0.3) is 17.3 Å². The van der Waals surface area contributed by atoms with Crippen LogP contribution in [0.15, 0.2) is 37.2 Å². The molecule has 3 aromatic rings. The molecule has 0 spiro atoms. The summed E-state index contributed by atoms with van der Waals surface area (Å²) in [6.45, 7) is 0.183. The molecule has 0 atom stereocenters. The molecule has 0 aliphatic heterocycles. The molecule has 1 N–H and O–H groups in total. The van der Waals surface area contributed by atoms with Gasteiger partial charge in [-0.1, -0.05) is 0 Å². The van der Waals surface area contributed by atoms with Crippen LogP contribution in [0.3, 0.4) is 0 Å². The van der Waals surface area contributed by atoms with E-state index >= 15 is 0 Å². The number of hydrogen-bond donors (Lipinski definition) is 1. The summed E-state index contributed by atoms with van der Waals surface area (Å²) < 4.78 is 5.36. The summed E-state index contributed by atoms with van der Waals surface area (Å²) >= 11 is 0. The second kappa shape index (κ2) is 5.23. The van der Waals surface area contributed by atoms with Gasteiger partial charge >= 0.3 is 0 Å². The number of carbonyl (C=O) groups is 1. The van der Waals surface area contributed by atoms with Crippen LogP contribution < -0.4 is 5.32 Å². The molecule has 0 unspecified atom stereocenters. The van der Waals surface area contributed by atoms with Crippen molar-refractivity contribution in [3.8, 4) is 17.3 Å². The lowest BCUT2D eigenvalue weighted by Crippen LogP contribution is -2.23. The highest BCUT2D eigenvalue weighted by atomic mass is 16.1. The first-order chi connectivity index (χ1) is 10.2. The van der Waals surface area contributed by atoms with E-state index in [0.29, 0.717) is 0 Å². The van der Waals surface area contributed by atoms with Crippen molar-refractivity contribution in [1.82, 2.24) is 34.2 Å². The summed E-state index contributed by atoms with van der Waals surface area (Å²) in [4.78, 5) is 20.0. The first-order valence-corrected chi connectivity index (χ1v) is 6.43. The van der Waals surface area contributed by atoms with E-state index in [1.54, 1.807) is 36.5 Å². The van der Waals surface area contributed by atoms with Crippen molar-refractivity contribution < 1.29 is 4.79 Å². The molecule has 0 aliphatic carbocycles. The minimum absolute atomic E-state index is 0.0976. The summed E-state index contributed by atoms with van der Waals surface area (Å²) in [5.74, 6) is 1.39.